The van der Waals surface area contributed by atoms with Gasteiger partial charge in [0.1, 0.15) is 5.75 Å². The molecule has 1 atom stereocenters. The number of hydrogen-bond donors (Lipinski definition) is 0. The van der Waals surface area contributed by atoms with Crippen molar-refractivity contribution in [3.05, 3.63) is 64.7 Å². The molecule has 1 saturated heterocycles. The van der Waals surface area contributed by atoms with Gasteiger partial charge in [0.15, 0.2) is 6.61 Å². The fourth-order valence-electron chi connectivity index (χ4n) is 3.04. The molecule has 5 heteroatoms. The van der Waals surface area contributed by atoms with Crippen LogP contribution in [0.3, 0.4) is 0 Å². The van der Waals surface area contributed by atoms with Crippen molar-refractivity contribution >= 4 is 17.5 Å². The average molecular weight is 374 g/mol. The molecule has 1 unspecified atom stereocenters. The first kappa shape index (κ1) is 18.7. The van der Waals surface area contributed by atoms with Gasteiger partial charge in [-0.25, -0.2) is 0 Å². The zero-order chi connectivity index (χ0) is 18.4. The number of hydrogen-bond acceptors (Lipinski definition) is 3. The fraction of sp³-hybridized carbons (Fsp3) is 0.381. The van der Waals surface area contributed by atoms with Crippen molar-refractivity contribution in [2.24, 2.45) is 0 Å². The van der Waals surface area contributed by atoms with Crippen LogP contribution in [0, 0.1) is 6.92 Å². The summed E-state index contributed by atoms with van der Waals surface area (Å²) in [5.74, 6) is 0.666. The summed E-state index contributed by atoms with van der Waals surface area (Å²) in [6.07, 6.45) is 2.14. The van der Waals surface area contributed by atoms with Crippen LogP contribution < -0.4 is 4.74 Å². The normalized spacial score (nSPS) is 16.5. The molecule has 138 valence electrons. The smallest absolute Gasteiger partial charge is 0.260 e. The number of amides is 1. The highest BCUT2D eigenvalue weighted by Crippen LogP contribution is 2.17. The van der Waals surface area contributed by atoms with Crippen molar-refractivity contribution in [2.45, 2.75) is 32.4 Å². The molecule has 0 saturated carbocycles. The molecule has 1 aliphatic heterocycles. The summed E-state index contributed by atoms with van der Waals surface area (Å²) in [6, 6.07) is 15.3. The minimum absolute atomic E-state index is 0.0176. The zero-order valence-electron chi connectivity index (χ0n) is 15.0. The third-order valence-electron chi connectivity index (χ3n) is 4.44. The molecule has 1 aliphatic rings. The van der Waals surface area contributed by atoms with Gasteiger partial charge >= 0.3 is 0 Å². The van der Waals surface area contributed by atoms with E-state index in [9.17, 15) is 4.79 Å². The largest absolute Gasteiger partial charge is 0.484 e. The molecule has 1 heterocycles. The molecule has 1 fully saturated rings. The third kappa shape index (κ3) is 5.48. The maximum Gasteiger partial charge on any atom is 0.260 e. The predicted octanol–water partition coefficient (Wildman–Crippen LogP) is 4.24. The number of aryl methyl sites for hydroxylation is 1. The van der Waals surface area contributed by atoms with Crippen LogP contribution in [-0.4, -0.2) is 36.7 Å². The molecule has 0 aliphatic carbocycles. The lowest BCUT2D eigenvalue weighted by atomic mass is 10.2. The Hall–Kier alpha value is -2.04. The van der Waals surface area contributed by atoms with E-state index >= 15 is 0 Å². The molecule has 0 aromatic heterocycles. The molecule has 1 amide bonds. The predicted molar refractivity (Wildman–Crippen MR) is 103 cm³/mol. The van der Waals surface area contributed by atoms with E-state index in [0.717, 1.165) is 30.6 Å². The maximum atomic E-state index is 12.8. The second kappa shape index (κ2) is 9.06. The van der Waals surface area contributed by atoms with Crippen LogP contribution in [0.15, 0.2) is 48.5 Å². The lowest BCUT2D eigenvalue weighted by molar-refractivity contribution is -0.135. The van der Waals surface area contributed by atoms with Gasteiger partial charge in [0, 0.05) is 24.7 Å². The Balaban J connectivity index is 1.64. The van der Waals surface area contributed by atoms with Gasteiger partial charge in [-0.3, -0.25) is 4.79 Å². The molecular weight excluding hydrogens is 350 g/mol. The summed E-state index contributed by atoms with van der Waals surface area (Å²) in [4.78, 5) is 14.6. The Morgan fingerprint density at radius 2 is 2.08 bits per heavy atom. The fourth-order valence-corrected chi connectivity index (χ4v) is 3.17. The molecule has 0 radical (unpaired) electrons. The molecule has 2 aromatic carbocycles. The van der Waals surface area contributed by atoms with Crippen LogP contribution in [0.4, 0.5) is 0 Å². The highest BCUT2D eigenvalue weighted by molar-refractivity contribution is 6.30. The summed E-state index contributed by atoms with van der Waals surface area (Å²) in [5, 5.41) is 0.688. The molecule has 0 bridgehead atoms. The van der Waals surface area contributed by atoms with Gasteiger partial charge in [0.2, 0.25) is 0 Å². The third-order valence-corrected chi connectivity index (χ3v) is 4.69. The van der Waals surface area contributed by atoms with Crippen LogP contribution >= 0.6 is 11.6 Å². The van der Waals surface area contributed by atoms with E-state index in [1.165, 1.54) is 0 Å². The van der Waals surface area contributed by atoms with Crippen molar-refractivity contribution in [3.8, 4) is 5.75 Å². The Morgan fingerprint density at radius 1 is 1.27 bits per heavy atom. The molecule has 0 spiro atoms. The summed E-state index contributed by atoms with van der Waals surface area (Å²) in [7, 11) is 0. The van der Waals surface area contributed by atoms with E-state index in [0.29, 0.717) is 23.9 Å². The van der Waals surface area contributed by atoms with Crippen molar-refractivity contribution in [3.63, 3.8) is 0 Å². The summed E-state index contributed by atoms with van der Waals surface area (Å²) >= 11 is 5.96. The molecule has 0 N–H and O–H groups in total. The number of halogens is 1. The number of carbonyl (C=O) groups excluding carboxylic acids is 1. The quantitative estimate of drug-likeness (QED) is 0.728. The highest BCUT2D eigenvalue weighted by atomic mass is 35.5. The first-order chi connectivity index (χ1) is 12.6. The lowest BCUT2D eigenvalue weighted by Gasteiger charge is -2.25. The van der Waals surface area contributed by atoms with E-state index in [2.05, 4.69) is 0 Å². The van der Waals surface area contributed by atoms with E-state index in [1.807, 2.05) is 60.4 Å². The van der Waals surface area contributed by atoms with Crippen LogP contribution in [-0.2, 0) is 16.1 Å². The number of carbonyl (C=O) groups is 1. The monoisotopic (exact) mass is 373 g/mol. The first-order valence-electron chi connectivity index (χ1n) is 8.93. The van der Waals surface area contributed by atoms with Gasteiger partial charge in [-0.05, 0) is 55.2 Å². The lowest BCUT2D eigenvalue weighted by Crippen LogP contribution is -2.39. The van der Waals surface area contributed by atoms with Gasteiger partial charge in [-0.1, -0.05) is 35.9 Å². The van der Waals surface area contributed by atoms with Crippen molar-refractivity contribution < 1.29 is 14.3 Å². The van der Waals surface area contributed by atoms with Crippen LogP contribution in [0.25, 0.3) is 0 Å². The summed E-state index contributed by atoms with van der Waals surface area (Å²) < 4.78 is 11.4. The Morgan fingerprint density at radius 3 is 2.77 bits per heavy atom. The molecule has 26 heavy (non-hydrogen) atoms. The van der Waals surface area contributed by atoms with Gasteiger partial charge < -0.3 is 14.4 Å². The highest BCUT2D eigenvalue weighted by Gasteiger charge is 2.23. The second-order valence-corrected chi connectivity index (χ2v) is 7.08. The zero-order valence-corrected chi connectivity index (χ0v) is 15.7. The second-order valence-electron chi connectivity index (χ2n) is 6.64. The topological polar surface area (TPSA) is 38.8 Å². The standard InChI is InChI=1S/C21H24ClNO3/c1-16-4-2-5-19(12-16)26-15-21(24)23(14-20-6-3-11-25-20)13-17-7-9-18(22)10-8-17/h2,4-5,7-10,12,20H,3,6,11,13-15H2,1H3. The summed E-state index contributed by atoms with van der Waals surface area (Å²) in [5.41, 5.74) is 2.14. The van der Waals surface area contributed by atoms with Crippen molar-refractivity contribution in [1.29, 1.82) is 0 Å². The summed E-state index contributed by atoms with van der Waals surface area (Å²) in [6.45, 7) is 3.89. The van der Waals surface area contributed by atoms with Crippen LogP contribution in [0.5, 0.6) is 5.75 Å². The van der Waals surface area contributed by atoms with Crippen molar-refractivity contribution in [1.82, 2.24) is 4.90 Å². The van der Waals surface area contributed by atoms with Crippen molar-refractivity contribution in [2.75, 3.05) is 19.8 Å². The van der Waals surface area contributed by atoms with E-state index in [1.54, 1.807) is 0 Å². The van der Waals surface area contributed by atoms with Crippen LogP contribution in [0.2, 0.25) is 5.02 Å². The molecule has 4 nitrogen and oxygen atoms in total. The number of rotatable bonds is 7. The molecule has 2 aromatic rings. The Bertz CT molecular complexity index is 726. The number of ether oxygens (including phenoxy) is 2. The number of benzene rings is 2. The van der Waals surface area contributed by atoms with Crippen LogP contribution in [0.1, 0.15) is 24.0 Å². The minimum atomic E-state index is -0.0445. The SMILES string of the molecule is Cc1cccc(OCC(=O)N(Cc2ccc(Cl)cc2)CC2CCCO2)c1. The number of nitrogens with zero attached hydrogens (tertiary/aromatic N) is 1. The Labute approximate surface area is 159 Å². The molecule has 3 rings (SSSR count). The van der Waals surface area contributed by atoms with Gasteiger partial charge in [-0.15, -0.1) is 0 Å². The first-order valence-corrected chi connectivity index (χ1v) is 9.31. The van der Waals surface area contributed by atoms with Gasteiger partial charge in [-0.2, -0.15) is 0 Å². The van der Waals surface area contributed by atoms with E-state index in [-0.39, 0.29) is 18.6 Å². The van der Waals surface area contributed by atoms with E-state index < -0.39 is 0 Å². The van der Waals surface area contributed by atoms with Gasteiger partial charge in [0.25, 0.3) is 5.91 Å². The minimum Gasteiger partial charge on any atom is -0.484 e. The average Bonchev–Trinajstić information content (AvgIpc) is 3.14. The Kier molecular flexibility index (Phi) is 6.53. The van der Waals surface area contributed by atoms with E-state index in [4.69, 9.17) is 21.1 Å². The molecular formula is C21H24ClNO3. The van der Waals surface area contributed by atoms with Gasteiger partial charge in [0.05, 0.1) is 6.10 Å². The maximum absolute atomic E-state index is 12.8.